The molecule has 0 radical (unpaired) electrons. The van der Waals surface area contributed by atoms with Crippen LogP contribution in [-0.4, -0.2) is 11.6 Å². The maximum absolute atomic E-state index is 12.8. The van der Waals surface area contributed by atoms with Crippen LogP contribution >= 0.6 is 0 Å². The molecule has 0 atom stereocenters. The van der Waals surface area contributed by atoms with Crippen molar-refractivity contribution < 1.29 is 18.4 Å². The van der Waals surface area contributed by atoms with E-state index in [0.29, 0.717) is 16.7 Å². The van der Waals surface area contributed by atoms with Gasteiger partial charge in [-0.15, -0.1) is 0 Å². The van der Waals surface area contributed by atoms with Crippen molar-refractivity contribution in [3.8, 4) is 0 Å². The Morgan fingerprint density at radius 3 is 1.86 bits per heavy atom. The summed E-state index contributed by atoms with van der Waals surface area (Å²) in [6.45, 7) is 6.27. The molecule has 0 aliphatic rings. The van der Waals surface area contributed by atoms with Crippen molar-refractivity contribution in [3.05, 3.63) is 70.3 Å². The first-order valence-electron chi connectivity index (χ1n) is 6.76. The number of Topliss-reactive ketones (excluding diaryl/α,β-unsaturated/α-hetero) is 2. The predicted octanol–water partition coefficient (Wildman–Crippen LogP) is 4.67. The normalized spacial score (nSPS) is 9.73. The van der Waals surface area contributed by atoms with E-state index in [-0.39, 0.29) is 23.2 Å². The van der Waals surface area contributed by atoms with Gasteiger partial charge in [0.15, 0.2) is 11.6 Å². The van der Waals surface area contributed by atoms with Crippen LogP contribution in [0.25, 0.3) is 0 Å². The van der Waals surface area contributed by atoms with Gasteiger partial charge in [0.1, 0.15) is 11.6 Å². The molecule has 2 nitrogen and oxygen atoms in total. The predicted molar refractivity (Wildman–Crippen MR) is 82.3 cm³/mol. The minimum Gasteiger partial charge on any atom is -0.295 e. The molecule has 0 amide bonds. The van der Waals surface area contributed by atoms with Gasteiger partial charge in [-0.25, -0.2) is 8.78 Å². The van der Waals surface area contributed by atoms with Gasteiger partial charge in [-0.1, -0.05) is 12.1 Å². The smallest absolute Gasteiger partial charge is 0.159 e. The monoisotopic (exact) mass is 304 g/mol. The molecular formula is C18H18F2O2. The molecule has 0 spiro atoms. The lowest BCUT2D eigenvalue weighted by molar-refractivity contribution is 0.100. The van der Waals surface area contributed by atoms with Gasteiger partial charge < -0.3 is 0 Å². The third-order valence-corrected chi connectivity index (χ3v) is 3.03. The minimum absolute atomic E-state index is 0.104. The van der Waals surface area contributed by atoms with Crippen LogP contribution in [0.3, 0.4) is 0 Å². The highest BCUT2D eigenvalue weighted by atomic mass is 19.1. The van der Waals surface area contributed by atoms with Crippen LogP contribution in [0.4, 0.5) is 8.78 Å². The number of carbonyl (C=O) groups excluding carboxylic acids is 2. The van der Waals surface area contributed by atoms with Gasteiger partial charge in [0.05, 0.1) is 0 Å². The van der Waals surface area contributed by atoms with E-state index in [4.69, 9.17) is 0 Å². The van der Waals surface area contributed by atoms with E-state index in [1.54, 1.807) is 32.0 Å². The third-order valence-electron chi connectivity index (χ3n) is 3.03. The second-order valence-corrected chi connectivity index (χ2v) is 5.09. The number of ketones is 2. The van der Waals surface area contributed by atoms with Gasteiger partial charge >= 0.3 is 0 Å². The van der Waals surface area contributed by atoms with Gasteiger partial charge in [0.2, 0.25) is 0 Å². The number of benzene rings is 2. The first-order valence-corrected chi connectivity index (χ1v) is 6.76. The Hall–Kier alpha value is -2.36. The zero-order valence-electron chi connectivity index (χ0n) is 13.0. The van der Waals surface area contributed by atoms with Gasteiger partial charge in [0, 0.05) is 11.1 Å². The molecule has 0 bridgehead atoms. The Morgan fingerprint density at radius 1 is 0.818 bits per heavy atom. The number of aryl methyl sites for hydroxylation is 2. The average Bonchev–Trinajstić information content (AvgIpc) is 2.41. The van der Waals surface area contributed by atoms with Crippen LogP contribution in [-0.2, 0) is 0 Å². The Kier molecular flexibility index (Phi) is 6.11. The number of halogens is 2. The molecule has 0 unspecified atom stereocenters. The second kappa shape index (κ2) is 7.59. The Labute approximate surface area is 128 Å². The molecule has 0 aliphatic carbocycles. The maximum atomic E-state index is 12.8. The molecule has 0 aliphatic heterocycles. The van der Waals surface area contributed by atoms with Crippen LogP contribution < -0.4 is 0 Å². The summed E-state index contributed by atoms with van der Waals surface area (Å²) in [6, 6.07) is 8.80. The lowest BCUT2D eigenvalue weighted by Gasteiger charge is -1.97. The quantitative estimate of drug-likeness (QED) is 0.755. The molecular weight excluding hydrogens is 286 g/mol. The van der Waals surface area contributed by atoms with E-state index in [1.165, 1.54) is 32.0 Å². The van der Waals surface area contributed by atoms with Gasteiger partial charge in [-0.3, -0.25) is 9.59 Å². The second-order valence-electron chi connectivity index (χ2n) is 5.09. The lowest BCUT2D eigenvalue weighted by Crippen LogP contribution is -1.93. The van der Waals surface area contributed by atoms with Crippen LogP contribution in [0.1, 0.15) is 45.7 Å². The van der Waals surface area contributed by atoms with Crippen LogP contribution in [0, 0.1) is 25.5 Å². The summed E-state index contributed by atoms with van der Waals surface area (Å²) in [5, 5.41) is 0. The number of rotatable bonds is 2. The third kappa shape index (κ3) is 5.20. The van der Waals surface area contributed by atoms with Gasteiger partial charge in [0.25, 0.3) is 0 Å². The van der Waals surface area contributed by atoms with Crippen molar-refractivity contribution >= 4 is 11.6 Å². The van der Waals surface area contributed by atoms with E-state index < -0.39 is 0 Å². The molecule has 0 aromatic heterocycles. The van der Waals surface area contributed by atoms with Crippen molar-refractivity contribution in [2.24, 2.45) is 0 Å². The van der Waals surface area contributed by atoms with E-state index in [0.717, 1.165) is 5.56 Å². The van der Waals surface area contributed by atoms with Crippen molar-refractivity contribution in [3.63, 3.8) is 0 Å². The zero-order chi connectivity index (χ0) is 16.9. The lowest BCUT2D eigenvalue weighted by atomic mass is 10.1. The molecule has 2 aromatic rings. The highest BCUT2D eigenvalue weighted by Gasteiger charge is 2.02. The van der Waals surface area contributed by atoms with E-state index >= 15 is 0 Å². The largest absolute Gasteiger partial charge is 0.295 e. The number of carbonyl (C=O) groups is 2. The molecule has 2 aromatic carbocycles. The average molecular weight is 304 g/mol. The molecule has 0 fully saturated rings. The van der Waals surface area contributed by atoms with Crippen LogP contribution in [0.2, 0.25) is 0 Å². The van der Waals surface area contributed by atoms with Gasteiger partial charge in [-0.05, 0) is 63.1 Å². The Bertz CT molecular complexity index is 686. The zero-order valence-corrected chi connectivity index (χ0v) is 13.0. The Balaban J connectivity index is 0.000000220. The summed E-state index contributed by atoms with van der Waals surface area (Å²) < 4.78 is 25.4. The molecule has 0 saturated carbocycles. The molecule has 116 valence electrons. The molecule has 2 rings (SSSR count). The summed E-state index contributed by atoms with van der Waals surface area (Å²) in [5.74, 6) is -0.885. The number of hydrogen-bond donors (Lipinski definition) is 0. The molecule has 0 heterocycles. The Morgan fingerprint density at radius 2 is 1.41 bits per heavy atom. The standard InChI is InChI=1S/2C9H9FO/c1-6-3-8(7(2)11)5-9(10)4-6;1-6-3-4-8(7(2)11)5-9(6)10/h2*3-5H,1-2H3. The van der Waals surface area contributed by atoms with E-state index in [2.05, 4.69) is 0 Å². The molecule has 0 saturated heterocycles. The fourth-order valence-electron chi connectivity index (χ4n) is 1.75. The first-order chi connectivity index (χ1) is 10.2. The fourth-order valence-corrected chi connectivity index (χ4v) is 1.75. The molecule has 22 heavy (non-hydrogen) atoms. The van der Waals surface area contributed by atoms with Crippen molar-refractivity contribution in [2.45, 2.75) is 27.7 Å². The molecule has 4 heteroatoms. The highest BCUT2D eigenvalue weighted by molar-refractivity contribution is 5.94. The summed E-state index contributed by atoms with van der Waals surface area (Å²) in [6.07, 6.45) is 0. The molecule has 0 N–H and O–H groups in total. The van der Waals surface area contributed by atoms with Crippen molar-refractivity contribution in [2.75, 3.05) is 0 Å². The van der Waals surface area contributed by atoms with Crippen LogP contribution in [0.5, 0.6) is 0 Å². The SMILES string of the molecule is CC(=O)c1cc(C)cc(F)c1.CC(=O)c1ccc(C)c(F)c1. The van der Waals surface area contributed by atoms with Crippen LogP contribution in [0.15, 0.2) is 36.4 Å². The first kappa shape index (κ1) is 17.7. The van der Waals surface area contributed by atoms with Crippen molar-refractivity contribution in [1.29, 1.82) is 0 Å². The minimum atomic E-state index is -0.352. The van der Waals surface area contributed by atoms with Gasteiger partial charge in [-0.2, -0.15) is 0 Å². The fraction of sp³-hybridized carbons (Fsp3) is 0.222. The maximum Gasteiger partial charge on any atom is 0.159 e. The van der Waals surface area contributed by atoms with E-state index in [1.807, 2.05) is 0 Å². The summed E-state index contributed by atoms with van der Waals surface area (Å²) >= 11 is 0. The highest BCUT2D eigenvalue weighted by Crippen LogP contribution is 2.09. The summed E-state index contributed by atoms with van der Waals surface area (Å²) in [5.41, 5.74) is 2.20. The topological polar surface area (TPSA) is 34.1 Å². The van der Waals surface area contributed by atoms with E-state index in [9.17, 15) is 18.4 Å². The number of hydrogen-bond acceptors (Lipinski definition) is 2. The summed E-state index contributed by atoms with van der Waals surface area (Å²) in [4.78, 5) is 21.5. The summed E-state index contributed by atoms with van der Waals surface area (Å²) in [7, 11) is 0. The van der Waals surface area contributed by atoms with Crippen molar-refractivity contribution in [1.82, 2.24) is 0 Å².